The van der Waals surface area contributed by atoms with Gasteiger partial charge in [0.15, 0.2) is 21.6 Å². The predicted molar refractivity (Wildman–Crippen MR) is 54.7 cm³/mol. The zero-order chi connectivity index (χ0) is 13.3. The van der Waals surface area contributed by atoms with Crippen molar-refractivity contribution in [3.8, 4) is 0 Å². The molecule has 18 heavy (non-hydrogen) atoms. The van der Waals surface area contributed by atoms with Crippen LogP contribution in [0.2, 0.25) is 0 Å². The lowest BCUT2D eigenvalue weighted by Crippen LogP contribution is -2.05. The van der Waals surface area contributed by atoms with Crippen molar-refractivity contribution in [2.45, 2.75) is 6.43 Å². The number of hydrogen-bond acceptors (Lipinski definition) is 4. The number of nitrogens with zero attached hydrogens (tertiary/aromatic N) is 2. The van der Waals surface area contributed by atoms with Crippen molar-refractivity contribution in [3.63, 3.8) is 0 Å². The molecule has 0 unspecified atom stereocenters. The molecule has 0 spiro atoms. The average Bonchev–Trinajstić information content (AvgIpc) is 2.81. The maximum atomic E-state index is 13.3. The normalized spacial score (nSPS) is 10.9. The fraction of sp³-hybridized carbons (Fsp3) is 0.100. The van der Waals surface area contributed by atoms with E-state index >= 15 is 0 Å². The highest BCUT2D eigenvalue weighted by Crippen LogP contribution is 2.24. The summed E-state index contributed by atoms with van der Waals surface area (Å²) >= 11 is 0.348. The Hall–Kier alpha value is -1.83. The summed E-state index contributed by atoms with van der Waals surface area (Å²) in [4.78, 5) is 11.7. The van der Waals surface area contributed by atoms with Gasteiger partial charge in [0, 0.05) is 0 Å². The molecule has 0 saturated carbocycles. The Morgan fingerprint density at radius 3 is 2.56 bits per heavy atom. The Kier molecular flexibility index (Phi) is 3.37. The summed E-state index contributed by atoms with van der Waals surface area (Å²) in [5, 5.41) is 5.28. The number of carbonyl (C=O) groups excluding carboxylic acids is 1. The first-order valence-electron chi connectivity index (χ1n) is 4.61. The van der Waals surface area contributed by atoms with Crippen LogP contribution in [-0.4, -0.2) is 16.0 Å². The number of halogens is 4. The van der Waals surface area contributed by atoms with Crippen molar-refractivity contribution in [1.82, 2.24) is 10.2 Å². The summed E-state index contributed by atoms with van der Waals surface area (Å²) in [7, 11) is 0. The van der Waals surface area contributed by atoms with Crippen LogP contribution in [0.4, 0.5) is 17.6 Å². The molecule has 2 aromatic rings. The summed E-state index contributed by atoms with van der Waals surface area (Å²) in [5.41, 5.74) is -0.563. The summed E-state index contributed by atoms with van der Waals surface area (Å²) in [6.07, 6.45) is -2.86. The molecule has 8 heteroatoms. The predicted octanol–water partition coefficient (Wildman–Crippen LogP) is 2.98. The van der Waals surface area contributed by atoms with Gasteiger partial charge in [-0.25, -0.2) is 17.6 Å². The van der Waals surface area contributed by atoms with Gasteiger partial charge in [0.2, 0.25) is 5.78 Å². The number of benzene rings is 1. The summed E-state index contributed by atoms with van der Waals surface area (Å²) < 4.78 is 50.7. The van der Waals surface area contributed by atoms with Gasteiger partial charge in [-0.05, 0) is 12.1 Å². The van der Waals surface area contributed by atoms with Crippen molar-refractivity contribution >= 4 is 17.1 Å². The monoisotopic (exact) mass is 276 g/mol. The molecule has 0 atom stereocenters. The van der Waals surface area contributed by atoms with Gasteiger partial charge in [-0.1, -0.05) is 17.4 Å². The van der Waals surface area contributed by atoms with Gasteiger partial charge in [-0.3, -0.25) is 4.79 Å². The van der Waals surface area contributed by atoms with Crippen LogP contribution >= 0.6 is 11.3 Å². The second-order valence-corrected chi connectivity index (χ2v) is 4.19. The van der Waals surface area contributed by atoms with E-state index in [1.165, 1.54) is 0 Å². The van der Waals surface area contributed by atoms with E-state index in [-0.39, 0.29) is 0 Å². The molecule has 0 saturated heterocycles. The van der Waals surface area contributed by atoms with Crippen LogP contribution in [0.1, 0.15) is 26.8 Å². The zero-order valence-corrected chi connectivity index (χ0v) is 9.35. The fourth-order valence-electron chi connectivity index (χ4n) is 1.21. The molecule has 0 N–H and O–H groups in total. The Bertz CT molecular complexity index is 599. The number of rotatable bonds is 3. The topological polar surface area (TPSA) is 42.9 Å². The maximum Gasteiger partial charge on any atom is 0.291 e. The highest BCUT2D eigenvalue weighted by atomic mass is 32.1. The number of carbonyl (C=O) groups is 1. The Morgan fingerprint density at radius 1 is 1.22 bits per heavy atom. The van der Waals surface area contributed by atoms with E-state index in [1.807, 2.05) is 0 Å². The molecule has 1 aromatic heterocycles. The van der Waals surface area contributed by atoms with Crippen LogP contribution in [-0.2, 0) is 0 Å². The smallest absolute Gasteiger partial charge is 0.286 e. The molecular formula is C10H4F4N2OS. The van der Waals surface area contributed by atoms with Crippen molar-refractivity contribution < 1.29 is 22.4 Å². The van der Waals surface area contributed by atoms with Gasteiger partial charge in [-0.2, -0.15) is 0 Å². The van der Waals surface area contributed by atoms with Crippen LogP contribution in [0.3, 0.4) is 0 Å². The summed E-state index contributed by atoms with van der Waals surface area (Å²) in [5.74, 6) is -3.51. The largest absolute Gasteiger partial charge is 0.291 e. The summed E-state index contributed by atoms with van der Waals surface area (Å²) in [6.45, 7) is 0. The number of alkyl halides is 2. The molecule has 1 heterocycles. The number of aromatic nitrogens is 2. The lowest BCUT2D eigenvalue weighted by Gasteiger charge is -1.99. The van der Waals surface area contributed by atoms with Crippen LogP contribution in [0.5, 0.6) is 0 Å². The van der Waals surface area contributed by atoms with Crippen molar-refractivity contribution in [3.05, 3.63) is 45.4 Å². The zero-order valence-electron chi connectivity index (χ0n) is 8.53. The third kappa shape index (κ3) is 2.23. The minimum absolute atomic E-state index is 0.348. The molecular weight excluding hydrogens is 272 g/mol. The average molecular weight is 276 g/mol. The van der Waals surface area contributed by atoms with E-state index in [4.69, 9.17) is 0 Å². The molecule has 0 aliphatic heterocycles. The van der Waals surface area contributed by atoms with E-state index in [2.05, 4.69) is 10.2 Å². The van der Waals surface area contributed by atoms with E-state index in [9.17, 15) is 22.4 Å². The standard InChI is InChI=1S/C10H4F4N2OS/c11-5-3-1-2-4(6(5)12)7(17)9-15-16-10(18-9)8(13)14/h1-3,8H. The molecule has 0 aliphatic carbocycles. The highest BCUT2D eigenvalue weighted by molar-refractivity contribution is 7.13. The molecule has 0 bridgehead atoms. The van der Waals surface area contributed by atoms with Gasteiger partial charge in [0.05, 0.1) is 5.56 Å². The number of ketones is 1. The van der Waals surface area contributed by atoms with E-state index in [1.54, 1.807) is 0 Å². The molecule has 0 radical (unpaired) electrons. The van der Waals surface area contributed by atoms with Crippen molar-refractivity contribution in [2.75, 3.05) is 0 Å². The van der Waals surface area contributed by atoms with E-state index in [0.29, 0.717) is 11.3 Å². The van der Waals surface area contributed by atoms with E-state index in [0.717, 1.165) is 18.2 Å². The van der Waals surface area contributed by atoms with E-state index < -0.39 is 39.4 Å². The molecule has 0 aliphatic rings. The first kappa shape index (κ1) is 12.6. The third-order valence-corrected chi connectivity index (χ3v) is 2.95. The van der Waals surface area contributed by atoms with Crippen molar-refractivity contribution in [2.24, 2.45) is 0 Å². The fourth-order valence-corrected chi connectivity index (χ4v) is 1.86. The molecule has 94 valence electrons. The lowest BCUT2D eigenvalue weighted by molar-refractivity contribution is 0.103. The van der Waals surface area contributed by atoms with Gasteiger partial charge in [0.25, 0.3) is 6.43 Å². The van der Waals surface area contributed by atoms with Gasteiger partial charge in [0.1, 0.15) is 0 Å². The molecule has 3 nitrogen and oxygen atoms in total. The lowest BCUT2D eigenvalue weighted by atomic mass is 10.1. The van der Waals surface area contributed by atoms with Gasteiger partial charge in [-0.15, -0.1) is 10.2 Å². The second kappa shape index (κ2) is 4.81. The van der Waals surface area contributed by atoms with Crippen LogP contribution < -0.4 is 0 Å². The van der Waals surface area contributed by atoms with Crippen LogP contribution in [0, 0.1) is 11.6 Å². The Morgan fingerprint density at radius 2 is 1.94 bits per heavy atom. The molecule has 0 fully saturated rings. The quantitative estimate of drug-likeness (QED) is 0.639. The Balaban J connectivity index is 2.38. The number of hydrogen-bond donors (Lipinski definition) is 0. The molecule has 1 aromatic carbocycles. The summed E-state index contributed by atoms with van der Waals surface area (Å²) in [6, 6.07) is 3.03. The molecule has 2 rings (SSSR count). The SMILES string of the molecule is O=C(c1nnc(C(F)F)s1)c1cccc(F)c1F. The molecule has 0 amide bonds. The van der Waals surface area contributed by atoms with Crippen LogP contribution in [0.25, 0.3) is 0 Å². The minimum atomic E-state index is -2.86. The minimum Gasteiger partial charge on any atom is -0.286 e. The third-order valence-electron chi connectivity index (χ3n) is 2.02. The second-order valence-electron chi connectivity index (χ2n) is 3.18. The van der Waals surface area contributed by atoms with Crippen LogP contribution in [0.15, 0.2) is 18.2 Å². The first-order valence-corrected chi connectivity index (χ1v) is 5.42. The highest BCUT2D eigenvalue weighted by Gasteiger charge is 2.22. The maximum absolute atomic E-state index is 13.3. The van der Waals surface area contributed by atoms with Gasteiger partial charge < -0.3 is 0 Å². The van der Waals surface area contributed by atoms with Gasteiger partial charge >= 0.3 is 0 Å². The first-order chi connectivity index (χ1) is 8.50. The Labute approximate surface area is 102 Å². The van der Waals surface area contributed by atoms with Crippen molar-refractivity contribution in [1.29, 1.82) is 0 Å².